The molecule has 0 aromatic heterocycles. The van der Waals surface area contributed by atoms with Crippen LogP contribution in [0.1, 0.15) is 46.5 Å². The fourth-order valence-electron chi connectivity index (χ4n) is 2.53. The summed E-state index contributed by atoms with van der Waals surface area (Å²) in [4.78, 5) is 18.4. The van der Waals surface area contributed by atoms with Gasteiger partial charge in [-0.05, 0) is 39.3 Å². The number of rotatable bonds is 8. The fraction of sp³-hybridized carbons (Fsp3) is 0.867. The van der Waals surface area contributed by atoms with Gasteiger partial charge in [-0.3, -0.25) is 14.7 Å². The molecule has 1 heterocycles. The van der Waals surface area contributed by atoms with Gasteiger partial charge < -0.3 is 16.4 Å². The number of nitrogens with one attached hydrogen (secondary N) is 2. The number of aliphatic imine (C=N–C) groups is 1. The third kappa shape index (κ3) is 6.80. The Kier molecular flexibility index (Phi) is 8.12. The molecule has 6 heteroatoms. The van der Waals surface area contributed by atoms with Gasteiger partial charge in [-0.15, -0.1) is 0 Å². The lowest BCUT2D eigenvalue weighted by Crippen LogP contribution is -2.38. The van der Waals surface area contributed by atoms with Gasteiger partial charge in [0.15, 0.2) is 5.96 Å². The molecule has 2 atom stereocenters. The minimum absolute atomic E-state index is 0.0533. The van der Waals surface area contributed by atoms with Gasteiger partial charge in [0.05, 0.1) is 6.54 Å². The van der Waals surface area contributed by atoms with Crippen molar-refractivity contribution in [2.75, 3.05) is 26.2 Å². The van der Waals surface area contributed by atoms with Crippen LogP contribution in [0.2, 0.25) is 0 Å². The lowest BCUT2D eigenvalue weighted by atomic mass is 10.2. The molecule has 6 nitrogen and oxygen atoms in total. The molecule has 1 aliphatic rings. The van der Waals surface area contributed by atoms with Crippen molar-refractivity contribution in [2.24, 2.45) is 10.7 Å². The highest BCUT2D eigenvalue weighted by molar-refractivity contribution is 5.80. The summed E-state index contributed by atoms with van der Waals surface area (Å²) in [5.41, 5.74) is 5.84. The summed E-state index contributed by atoms with van der Waals surface area (Å²) in [5, 5.41) is 5.94. The Morgan fingerprint density at radius 1 is 1.48 bits per heavy atom. The summed E-state index contributed by atoms with van der Waals surface area (Å²) < 4.78 is 0. The first-order valence-electron chi connectivity index (χ1n) is 8.14. The van der Waals surface area contributed by atoms with Gasteiger partial charge in [-0.2, -0.15) is 0 Å². The number of carbonyl (C=O) groups excluding carboxylic acids is 1. The second kappa shape index (κ2) is 9.60. The molecule has 0 saturated carbocycles. The molecule has 0 radical (unpaired) electrons. The molecule has 1 saturated heterocycles. The van der Waals surface area contributed by atoms with Crippen molar-refractivity contribution in [3.63, 3.8) is 0 Å². The van der Waals surface area contributed by atoms with Crippen LogP contribution in [-0.4, -0.2) is 55.0 Å². The number of hydrogen-bond acceptors (Lipinski definition) is 3. The van der Waals surface area contributed by atoms with Gasteiger partial charge >= 0.3 is 0 Å². The maximum atomic E-state index is 11.6. The Morgan fingerprint density at radius 3 is 2.90 bits per heavy atom. The number of nitrogens with two attached hydrogens (primary N) is 1. The summed E-state index contributed by atoms with van der Waals surface area (Å²) in [5.74, 6) is 0.492. The Hall–Kier alpha value is -1.30. The third-order valence-electron chi connectivity index (χ3n) is 4.06. The monoisotopic (exact) mass is 297 g/mol. The number of likely N-dealkylation sites (N-methyl/N-ethyl adjacent to an activating group) is 1. The molecule has 4 N–H and O–H groups in total. The van der Waals surface area contributed by atoms with Crippen molar-refractivity contribution in [3.8, 4) is 0 Å². The molecule has 0 spiro atoms. The van der Waals surface area contributed by atoms with E-state index >= 15 is 0 Å². The number of carbonyl (C=O) groups is 1. The van der Waals surface area contributed by atoms with Crippen molar-refractivity contribution < 1.29 is 4.79 Å². The molecule has 0 aromatic rings. The number of likely N-dealkylation sites (tertiary alicyclic amines) is 1. The van der Waals surface area contributed by atoms with Gasteiger partial charge in [0.1, 0.15) is 0 Å². The van der Waals surface area contributed by atoms with Crippen LogP contribution in [0.3, 0.4) is 0 Å². The minimum Gasteiger partial charge on any atom is -0.370 e. The molecular weight excluding hydrogens is 266 g/mol. The standard InChI is InChI=1S/C15H31N5O/c1-4-12(3)19-14(21)8-9-17-15(16)18-11-13-7-6-10-20(13)5-2/h12-13H,4-11H2,1-3H3,(H,19,21)(H3,16,17,18). The SMILES string of the molecule is CCC(C)NC(=O)CCNC(N)=NCC1CCCN1CC. The zero-order valence-corrected chi connectivity index (χ0v) is 13.7. The van der Waals surface area contributed by atoms with Crippen molar-refractivity contribution in [1.82, 2.24) is 15.5 Å². The molecule has 0 bridgehead atoms. The average Bonchev–Trinajstić information content (AvgIpc) is 2.92. The Labute approximate surface area is 128 Å². The molecule has 1 rings (SSSR count). The van der Waals surface area contributed by atoms with E-state index in [-0.39, 0.29) is 11.9 Å². The minimum atomic E-state index is 0.0533. The molecule has 122 valence electrons. The van der Waals surface area contributed by atoms with E-state index in [0.717, 1.165) is 19.5 Å². The third-order valence-corrected chi connectivity index (χ3v) is 4.06. The zero-order chi connectivity index (χ0) is 15.7. The van der Waals surface area contributed by atoms with Crippen LogP contribution in [0, 0.1) is 0 Å². The van der Waals surface area contributed by atoms with E-state index in [1.165, 1.54) is 19.4 Å². The van der Waals surface area contributed by atoms with E-state index in [1.54, 1.807) is 0 Å². The van der Waals surface area contributed by atoms with Crippen LogP contribution < -0.4 is 16.4 Å². The molecule has 0 aliphatic carbocycles. The summed E-state index contributed by atoms with van der Waals surface area (Å²) in [6.45, 7) is 9.74. The quantitative estimate of drug-likeness (QED) is 0.454. The van der Waals surface area contributed by atoms with E-state index in [0.29, 0.717) is 25.0 Å². The molecular formula is C15H31N5O. The van der Waals surface area contributed by atoms with Gasteiger partial charge in [-0.25, -0.2) is 0 Å². The van der Waals surface area contributed by atoms with Gasteiger partial charge in [0, 0.05) is 25.0 Å². The van der Waals surface area contributed by atoms with Crippen molar-refractivity contribution in [2.45, 2.75) is 58.5 Å². The second-order valence-corrected chi connectivity index (χ2v) is 5.70. The average molecular weight is 297 g/mol. The van der Waals surface area contributed by atoms with E-state index in [1.807, 2.05) is 6.92 Å². The first kappa shape index (κ1) is 17.8. The Balaban J connectivity index is 2.19. The smallest absolute Gasteiger partial charge is 0.221 e. The van der Waals surface area contributed by atoms with E-state index in [4.69, 9.17) is 5.73 Å². The van der Waals surface area contributed by atoms with E-state index < -0.39 is 0 Å². The predicted molar refractivity (Wildman–Crippen MR) is 87.3 cm³/mol. The summed E-state index contributed by atoms with van der Waals surface area (Å²) in [7, 11) is 0. The topological polar surface area (TPSA) is 82.8 Å². The first-order valence-corrected chi connectivity index (χ1v) is 8.14. The van der Waals surface area contributed by atoms with Gasteiger partial charge in [0.2, 0.25) is 5.91 Å². The highest BCUT2D eigenvalue weighted by Gasteiger charge is 2.22. The van der Waals surface area contributed by atoms with Gasteiger partial charge in [0.25, 0.3) is 0 Å². The lowest BCUT2D eigenvalue weighted by molar-refractivity contribution is -0.121. The summed E-state index contributed by atoms with van der Waals surface area (Å²) in [6.07, 6.45) is 3.81. The van der Waals surface area contributed by atoms with Crippen LogP contribution >= 0.6 is 0 Å². The maximum Gasteiger partial charge on any atom is 0.221 e. The van der Waals surface area contributed by atoms with E-state index in [2.05, 4.69) is 34.4 Å². The normalized spacial score (nSPS) is 21.3. The number of hydrogen-bond donors (Lipinski definition) is 3. The van der Waals surface area contributed by atoms with Crippen molar-refractivity contribution in [1.29, 1.82) is 0 Å². The zero-order valence-electron chi connectivity index (χ0n) is 13.7. The highest BCUT2D eigenvalue weighted by Crippen LogP contribution is 2.16. The number of nitrogens with zero attached hydrogens (tertiary/aromatic N) is 2. The van der Waals surface area contributed by atoms with Crippen LogP contribution in [0.5, 0.6) is 0 Å². The molecule has 1 amide bonds. The predicted octanol–water partition coefficient (Wildman–Crippen LogP) is 0.680. The summed E-state index contributed by atoms with van der Waals surface area (Å²) >= 11 is 0. The first-order chi connectivity index (χ1) is 10.1. The fourth-order valence-corrected chi connectivity index (χ4v) is 2.53. The van der Waals surface area contributed by atoms with Crippen molar-refractivity contribution >= 4 is 11.9 Å². The van der Waals surface area contributed by atoms with Crippen molar-refractivity contribution in [3.05, 3.63) is 0 Å². The Morgan fingerprint density at radius 2 is 2.24 bits per heavy atom. The molecule has 21 heavy (non-hydrogen) atoms. The number of guanidine groups is 1. The largest absolute Gasteiger partial charge is 0.370 e. The van der Waals surface area contributed by atoms with Crippen LogP contribution in [0.4, 0.5) is 0 Å². The van der Waals surface area contributed by atoms with E-state index in [9.17, 15) is 4.79 Å². The van der Waals surface area contributed by atoms with Gasteiger partial charge in [-0.1, -0.05) is 13.8 Å². The van der Waals surface area contributed by atoms with Crippen LogP contribution in [-0.2, 0) is 4.79 Å². The Bertz CT molecular complexity index is 345. The highest BCUT2D eigenvalue weighted by atomic mass is 16.1. The molecule has 1 aliphatic heterocycles. The van der Waals surface area contributed by atoms with Crippen LogP contribution in [0.15, 0.2) is 4.99 Å². The molecule has 2 unspecified atom stereocenters. The molecule has 1 fully saturated rings. The molecule has 0 aromatic carbocycles. The maximum absolute atomic E-state index is 11.6. The summed E-state index contributed by atoms with van der Waals surface area (Å²) in [6, 6.07) is 0.745. The number of amides is 1. The lowest BCUT2D eigenvalue weighted by Gasteiger charge is -2.21. The second-order valence-electron chi connectivity index (χ2n) is 5.70. The van der Waals surface area contributed by atoms with Crippen LogP contribution in [0.25, 0.3) is 0 Å².